The smallest absolute Gasteiger partial charge is 0.332 e. The van der Waals surface area contributed by atoms with E-state index in [4.69, 9.17) is 0 Å². The Hall–Kier alpha value is -2.87. The molecular weight excluding hydrogens is 370 g/mol. The Morgan fingerprint density at radius 3 is 2.48 bits per heavy atom. The number of aliphatic hydroxyl groups excluding tert-OH is 1. The van der Waals surface area contributed by atoms with Gasteiger partial charge in [0, 0.05) is 14.1 Å². The third-order valence-corrected chi connectivity index (χ3v) is 5.87. The van der Waals surface area contributed by atoms with Crippen LogP contribution in [0, 0.1) is 6.92 Å². The van der Waals surface area contributed by atoms with Crippen molar-refractivity contribution in [2.75, 3.05) is 5.32 Å². The van der Waals surface area contributed by atoms with Crippen LogP contribution in [0.5, 0.6) is 0 Å². The Labute approximate surface area is 168 Å². The fraction of sp³-hybridized carbons (Fsp3) is 0.476. The van der Waals surface area contributed by atoms with Crippen molar-refractivity contribution in [1.82, 2.24) is 18.7 Å². The molecule has 1 fully saturated rings. The minimum Gasteiger partial charge on any atom is -0.391 e. The fourth-order valence-corrected chi connectivity index (χ4v) is 4.03. The summed E-state index contributed by atoms with van der Waals surface area (Å²) in [7, 11) is 3.39. The zero-order chi connectivity index (χ0) is 20.7. The third-order valence-electron chi connectivity index (χ3n) is 5.87. The number of nitrogens with zero attached hydrogens (tertiary/aromatic N) is 4. The number of rotatable bonds is 4. The molecular formula is C21H27N5O3. The Bertz CT molecular complexity index is 1160. The zero-order valence-electron chi connectivity index (χ0n) is 17.1. The molecule has 1 aromatic carbocycles. The van der Waals surface area contributed by atoms with Crippen molar-refractivity contribution in [1.29, 1.82) is 0 Å². The van der Waals surface area contributed by atoms with Gasteiger partial charge in [-0.05, 0) is 25.3 Å². The third kappa shape index (κ3) is 3.48. The molecule has 0 amide bonds. The van der Waals surface area contributed by atoms with Crippen molar-refractivity contribution in [3.8, 4) is 0 Å². The van der Waals surface area contributed by atoms with Gasteiger partial charge in [-0.1, -0.05) is 42.7 Å². The number of nitrogens with one attached hydrogen (secondary N) is 1. The van der Waals surface area contributed by atoms with Crippen molar-refractivity contribution in [3.63, 3.8) is 0 Å². The number of imidazole rings is 1. The minimum atomic E-state index is -0.439. The summed E-state index contributed by atoms with van der Waals surface area (Å²) >= 11 is 0. The second kappa shape index (κ2) is 7.51. The van der Waals surface area contributed by atoms with Gasteiger partial charge in [0.1, 0.15) is 0 Å². The first-order valence-corrected chi connectivity index (χ1v) is 10.0. The molecule has 0 radical (unpaired) electrons. The van der Waals surface area contributed by atoms with Crippen molar-refractivity contribution in [3.05, 3.63) is 56.2 Å². The molecule has 8 nitrogen and oxygen atoms in total. The zero-order valence-corrected chi connectivity index (χ0v) is 17.1. The lowest BCUT2D eigenvalue weighted by atomic mass is 9.93. The molecule has 0 saturated heterocycles. The number of aliphatic hydroxyl groups is 1. The van der Waals surface area contributed by atoms with E-state index in [0.29, 0.717) is 17.1 Å². The Balaban J connectivity index is 1.77. The summed E-state index contributed by atoms with van der Waals surface area (Å²) in [6.07, 6.45) is 3.22. The average Bonchev–Trinajstić information content (AvgIpc) is 3.03. The van der Waals surface area contributed by atoms with Crippen LogP contribution in [0.15, 0.2) is 33.9 Å². The quantitative estimate of drug-likeness (QED) is 0.696. The van der Waals surface area contributed by atoms with E-state index in [0.717, 1.165) is 36.8 Å². The normalized spacial score (nSPS) is 19.6. The van der Waals surface area contributed by atoms with Crippen molar-refractivity contribution >= 4 is 17.1 Å². The topological polar surface area (TPSA) is 94.1 Å². The first-order chi connectivity index (χ1) is 13.9. The maximum Gasteiger partial charge on any atom is 0.332 e. The molecule has 0 aliphatic heterocycles. The van der Waals surface area contributed by atoms with E-state index in [1.165, 1.54) is 9.13 Å². The van der Waals surface area contributed by atoms with Crippen LogP contribution in [-0.4, -0.2) is 35.9 Å². The van der Waals surface area contributed by atoms with Crippen molar-refractivity contribution < 1.29 is 5.11 Å². The minimum absolute atomic E-state index is 0.105. The lowest BCUT2D eigenvalue weighted by molar-refractivity contribution is 0.116. The van der Waals surface area contributed by atoms with E-state index in [9.17, 15) is 14.7 Å². The van der Waals surface area contributed by atoms with Gasteiger partial charge in [-0.25, -0.2) is 4.79 Å². The average molecular weight is 397 g/mol. The number of anilines is 1. The number of aryl methyl sites for hydroxylation is 3. The van der Waals surface area contributed by atoms with Crippen LogP contribution in [0.2, 0.25) is 0 Å². The molecule has 4 rings (SSSR count). The molecule has 2 atom stereocenters. The van der Waals surface area contributed by atoms with E-state index >= 15 is 0 Å². The molecule has 0 bridgehead atoms. The maximum atomic E-state index is 13.2. The number of hydrogen-bond acceptors (Lipinski definition) is 5. The standard InChI is InChI=1S/C21H27N5O3/c1-13-8-10-14(11-9-13)12-26-19(28)17-18(25(3)21(26)29)23-20(24(17)2)22-15-6-4-5-7-16(15)27/h8-11,15-16,27H,4-7,12H2,1-3H3,(H,22,23)/t15-,16-/m1/s1. The van der Waals surface area contributed by atoms with Gasteiger partial charge in [-0.2, -0.15) is 4.98 Å². The highest BCUT2D eigenvalue weighted by molar-refractivity contribution is 5.74. The molecule has 2 N–H and O–H groups in total. The molecule has 1 saturated carbocycles. The lowest BCUT2D eigenvalue weighted by Gasteiger charge is -2.28. The predicted molar refractivity (Wildman–Crippen MR) is 112 cm³/mol. The highest BCUT2D eigenvalue weighted by Gasteiger charge is 2.26. The summed E-state index contributed by atoms with van der Waals surface area (Å²) in [6, 6.07) is 7.67. The number of aromatic nitrogens is 4. The van der Waals surface area contributed by atoms with Gasteiger partial charge in [0.25, 0.3) is 5.56 Å². The molecule has 0 unspecified atom stereocenters. The van der Waals surface area contributed by atoms with E-state index in [1.807, 2.05) is 31.2 Å². The van der Waals surface area contributed by atoms with Gasteiger partial charge in [0.15, 0.2) is 11.2 Å². The molecule has 29 heavy (non-hydrogen) atoms. The molecule has 2 aromatic heterocycles. The first-order valence-electron chi connectivity index (χ1n) is 10.0. The first kappa shape index (κ1) is 19.4. The molecule has 8 heteroatoms. The monoisotopic (exact) mass is 397 g/mol. The Morgan fingerprint density at radius 1 is 1.10 bits per heavy atom. The number of fused-ring (bicyclic) bond motifs is 1. The van der Waals surface area contributed by atoms with Gasteiger partial charge in [-0.3, -0.25) is 13.9 Å². The number of hydrogen-bond donors (Lipinski definition) is 2. The Kier molecular flexibility index (Phi) is 5.04. The summed E-state index contributed by atoms with van der Waals surface area (Å²) in [5, 5.41) is 13.5. The summed E-state index contributed by atoms with van der Waals surface area (Å²) in [5.74, 6) is 0.492. The Morgan fingerprint density at radius 2 is 1.79 bits per heavy atom. The van der Waals surface area contributed by atoms with E-state index < -0.39 is 11.8 Å². The van der Waals surface area contributed by atoms with Crippen molar-refractivity contribution in [2.24, 2.45) is 14.1 Å². The molecule has 3 aromatic rings. The molecule has 0 spiro atoms. The largest absolute Gasteiger partial charge is 0.391 e. The van der Waals surface area contributed by atoms with Gasteiger partial charge >= 0.3 is 5.69 Å². The van der Waals surface area contributed by atoms with Crippen LogP contribution >= 0.6 is 0 Å². The molecule has 1 aliphatic carbocycles. The van der Waals surface area contributed by atoms with Crippen LogP contribution in [0.25, 0.3) is 11.2 Å². The summed E-state index contributed by atoms with van der Waals surface area (Å²) in [4.78, 5) is 30.5. The maximum absolute atomic E-state index is 13.2. The second-order valence-corrected chi connectivity index (χ2v) is 7.99. The van der Waals surface area contributed by atoms with Gasteiger partial charge < -0.3 is 15.0 Å². The summed E-state index contributed by atoms with van der Waals surface area (Å²) < 4.78 is 4.34. The highest BCUT2D eigenvalue weighted by Crippen LogP contribution is 2.23. The molecule has 2 heterocycles. The van der Waals surface area contributed by atoms with Gasteiger partial charge in [-0.15, -0.1) is 0 Å². The highest BCUT2D eigenvalue weighted by atomic mass is 16.3. The fourth-order valence-electron chi connectivity index (χ4n) is 4.03. The SMILES string of the molecule is Cc1ccc(Cn2c(=O)c3c(nc(N[C@@H]4CCCC[C@H]4O)n3C)n(C)c2=O)cc1. The van der Waals surface area contributed by atoms with Crippen LogP contribution in [-0.2, 0) is 20.6 Å². The predicted octanol–water partition coefficient (Wildman–Crippen LogP) is 1.51. The second-order valence-electron chi connectivity index (χ2n) is 7.99. The van der Waals surface area contributed by atoms with E-state index in [2.05, 4.69) is 10.3 Å². The van der Waals surface area contributed by atoms with Crippen LogP contribution in [0.3, 0.4) is 0 Å². The van der Waals surface area contributed by atoms with Crippen molar-refractivity contribution in [2.45, 2.75) is 51.3 Å². The van der Waals surface area contributed by atoms with Gasteiger partial charge in [0.2, 0.25) is 5.95 Å². The lowest BCUT2D eigenvalue weighted by Crippen LogP contribution is -2.39. The van der Waals surface area contributed by atoms with E-state index in [-0.39, 0.29) is 18.1 Å². The number of benzene rings is 1. The van der Waals surface area contributed by atoms with Crippen LogP contribution in [0.4, 0.5) is 5.95 Å². The summed E-state index contributed by atoms with van der Waals surface area (Å²) in [5.41, 5.74) is 1.96. The van der Waals surface area contributed by atoms with Crippen LogP contribution in [0.1, 0.15) is 36.8 Å². The van der Waals surface area contributed by atoms with Gasteiger partial charge in [0.05, 0.1) is 18.7 Å². The molecule has 154 valence electrons. The van der Waals surface area contributed by atoms with Crippen LogP contribution < -0.4 is 16.6 Å². The molecule has 1 aliphatic rings. The summed E-state index contributed by atoms with van der Waals surface area (Å²) in [6.45, 7) is 2.20. The van der Waals surface area contributed by atoms with E-state index in [1.54, 1.807) is 18.7 Å².